The van der Waals surface area contributed by atoms with Crippen LogP contribution in [-0.2, 0) is 0 Å². The zero-order valence-electron chi connectivity index (χ0n) is 11.8. The van der Waals surface area contributed by atoms with Crippen molar-refractivity contribution in [1.82, 2.24) is 20.2 Å². The van der Waals surface area contributed by atoms with Gasteiger partial charge in [0.15, 0.2) is 5.82 Å². The van der Waals surface area contributed by atoms with Crippen molar-refractivity contribution in [2.45, 2.75) is 32.2 Å². The largest absolute Gasteiger partial charge is 0.497 e. The third-order valence-corrected chi connectivity index (χ3v) is 3.70. The molecule has 3 rings (SSSR count). The van der Waals surface area contributed by atoms with Gasteiger partial charge in [-0.2, -0.15) is 0 Å². The molecule has 2 aromatic rings. The quantitative estimate of drug-likeness (QED) is 0.845. The number of tetrazole rings is 1. The van der Waals surface area contributed by atoms with E-state index in [9.17, 15) is 0 Å². The third kappa shape index (κ3) is 2.59. The highest BCUT2D eigenvalue weighted by Gasteiger charge is 2.26. The molecule has 2 N–H and O–H groups in total. The van der Waals surface area contributed by atoms with E-state index >= 15 is 0 Å². The second-order valence-electron chi connectivity index (χ2n) is 5.47. The molecule has 1 aliphatic rings. The molecule has 0 aliphatic heterocycles. The van der Waals surface area contributed by atoms with Crippen molar-refractivity contribution in [3.05, 3.63) is 18.2 Å². The number of nitrogens with zero attached hydrogens (tertiary/aromatic N) is 4. The minimum absolute atomic E-state index is 0.292. The average molecular weight is 273 g/mol. The summed E-state index contributed by atoms with van der Waals surface area (Å²) in [6.45, 7) is 2.15. The summed E-state index contributed by atoms with van der Waals surface area (Å²) in [5, 5.41) is 12.1. The normalized spacial score (nSPS) is 16.1. The molecule has 1 heterocycles. The van der Waals surface area contributed by atoms with Crippen LogP contribution in [0.4, 0.5) is 5.69 Å². The van der Waals surface area contributed by atoms with E-state index in [1.807, 2.05) is 16.8 Å². The maximum absolute atomic E-state index is 5.90. The molecular formula is C14H19N5O. The lowest BCUT2D eigenvalue weighted by Crippen LogP contribution is -2.10. The molecular weight excluding hydrogens is 254 g/mol. The van der Waals surface area contributed by atoms with Crippen molar-refractivity contribution in [3.63, 3.8) is 0 Å². The first-order chi connectivity index (χ1) is 9.67. The Morgan fingerprint density at radius 3 is 2.90 bits per heavy atom. The standard InChI is InChI=1S/C14H19N5O/c1-9(5-10-3-4-10)19-14(16-17-18-19)11-6-12(15)8-13(7-11)20-2/h6-10H,3-5,15H2,1-2H3. The van der Waals surface area contributed by atoms with E-state index in [4.69, 9.17) is 10.5 Å². The van der Waals surface area contributed by atoms with Gasteiger partial charge in [0, 0.05) is 17.3 Å². The number of methoxy groups -OCH3 is 1. The number of nitrogen functional groups attached to an aromatic ring is 1. The Morgan fingerprint density at radius 2 is 2.20 bits per heavy atom. The maximum atomic E-state index is 5.90. The van der Waals surface area contributed by atoms with E-state index in [0.29, 0.717) is 17.5 Å². The number of rotatable bonds is 5. The van der Waals surface area contributed by atoms with Gasteiger partial charge in [0.2, 0.25) is 0 Å². The first kappa shape index (κ1) is 12.9. The predicted molar refractivity (Wildman–Crippen MR) is 76.3 cm³/mol. The fourth-order valence-corrected chi connectivity index (χ4v) is 2.49. The molecule has 1 fully saturated rings. The van der Waals surface area contributed by atoms with Crippen molar-refractivity contribution in [2.75, 3.05) is 12.8 Å². The number of hydrogen-bond acceptors (Lipinski definition) is 5. The Bertz CT molecular complexity index is 605. The molecule has 1 atom stereocenters. The van der Waals surface area contributed by atoms with Crippen molar-refractivity contribution in [3.8, 4) is 17.1 Å². The first-order valence-corrected chi connectivity index (χ1v) is 6.90. The van der Waals surface area contributed by atoms with E-state index in [1.165, 1.54) is 12.8 Å². The predicted octanol–water partition coefficient (Wildman–Crippen LogP) is 2.29. The Labute approximate surface area is 117 Å². The second-order valence-corrected chi connectivity index (χ2v) is 5.47. The molecule has 6 nitrogen and oxygen atoms in total. The number of ether oxygens (including phenoxy) is 1. The highest BCUT2D eigenvalue weighted by molar-refractivity contribution is 5.64. The van der Waals surface area contributed by atoms with Gasteiger partial charge >= 0.3 is 0 Å². The highest BCUT2D eigenvalue weighted by atomic mass is 16.5. The summed E-state index contributed by atoms with van der Waals surface area (Å²) in [5.41, 5.74) is 7.43. The Balaban J connectivity index is 1.93. The Hall–Kier alpha value is -2.11. The zero-order valence-corrected chi connectivity index (χ0v) is 11.8. The van der Waals surface area contributed by atoms with Crippen LogP contribution in [0.3, 0.4) is 0 Å². The van der Waals surface area contributed by atoms with Gasteiger partial charge in [0.05, 0.1) is 13.2 Å². The Kier molecular flexibility index (Phi) is 3.30. The summed E-state index contributed by atoms with van der Waals surface area (Å²) < 4.78 is 7.13. The van der Waals surface area contributed by atoms with Crippen LogP contribution < -0.4 is 10.5 Å². The van der Waals surface area contributed by atoms with Crippen LogP contribution in [0.2, 0.25) is 0 Å². The van der Waals surface area contributed by atoms with Crippen LogP contribution >= 0.6 is 0 Å². The third-order valence-electron chi connectivity index (χ3n) is 3.70. The summed E-state index contributed by atoms with van der Waals surface area (Å²) >= 11 is 0. The summed E-state index contributed by atoms with van der Waals surface area (Å²) in [7, 11) is 1.62. The molecule has 0 spiro atoms. The van der Waals surface area contributed by atoms with Gasteiger partial charge in [0.25, 0.3) is 0 Å². The zero-order chi connectivity index (χ0) is 14.1. The van der Waals surface area contributed by atoms with Crippen LogP contribution in [0.5, 0.6) is 5.75 Å². The lowest BCUT2D eigenvalue weighted by molar-refractivity contribution is 0.414. The van der Waals surface area contributed by atoms with Crippen molar-refractivity contribution >= 4 is 5.69 Å². The second kappa shape index (κ2) is 5.11. The molecule has 1 saturated carbocycles. The summed E-state index contributed by atoms with van der Waals surface area (Å²) in [4.78, 5) is 0. The SMILES string of the molecule is COc1cc(N)cc(-c2nnnn2C(C)CC2CC2)c1. The van der Waals surface area contributed by atoms with Gasteiger partial charge in [-0.25, -0.2) is 4.68 Å². The van der Waals surface area contributed by atoms with E-state index in [1.54, 1.807) is 13.2 Å². The molecule has 106 valence electrons. The lowest BCUT2D eigenvalue weighted by atomic mass is 10.1. The van der Waals surface area contributed by atoms with E-state index in [0.717, 1.165) is 23.7 Å². The summed E-state index contributed by atoms with van der Waals surface area (Å²) in [5.74, 6) is 2.28. The number of hydrogen-bond donors (Lipinski definition) is 1. The highest BCUT2D eigenvalue weighted by Crippen LogP contribution is 2.37. The van der Waals surface area contributed by atoms with Crippen molar-refractivity contribution < 1.29 is 4.74 Å². The van der Waals surface area contributed by atoms with Crippen LogP contribution in [0.15, 0.2) is 18.2 Å². The summed E-state index contributed by atoms with van der Waals surface area (Å²) in [6, 6.07) is 5.85. The molecule has 1 aromatic heterocycles. The molecule has 1 unspecified atom stereocenters. The van der Waals surface area contributed by atoms with Crippen LogP contribution in [-0.4, -0.2) is 27.3 Å². The number of anilines is 1. The molecule has 1 aliphatic carbocycles. The van der Waals surface area contributed by atoms with Gasteiger partial charge in [0.1, 0.15) is 5.75 Å². The summed E-state index contributed by atoms with van der Waals surface area (Å²) in [6.07, 6.45) is 3.78. The number of nitrogens with two attached hydrogens (primary N) is 1. The topological polar surface area (TPSA) is 78.8 Å². The van der Waals surface area contributed by atoms with Crippen LogP contribution in [0, 0.1) is 5.92 Å². The van der Waals surface area contributed by atoms with Gasteiger partial charge < -0.3 is 10.5 Å². The average Bonchev–Trinajstić information content (AvgIpc) is 3.10. The molecule has 0 radical (unpaired) electrons. The van der Waals surface area contributed by atoms with E-state index < -0.39 is 0 Å². The van der Waals surface area contributed by atoms with Crippen molar-refractivity contribution in [2.24, 2.45) is 5.92 Å². The number of aromatic nitrogens is 4. The monoisotopic (exact) mass is 273 g/mol. The molecule has 1 aromatic carbocycles. The lowest BCUT2D eigenvalue weighted by Gasteiger charge is -2.13. The minimum atomic E-state index is 0.292. The van der Waals surface area contributed by atoms with Crippen molar-refractivity contribution in [1.29, 1.82) is 0 Å². The van der Waals surface area contributed by atoms with E-state index in [-0.39, 0.29) is 0 Å². The Morgan fingerprint density at radius 1 is 1.40 bits per heavy atom. The molecule has 0 amide bonds. The fraction of sp³-hybridized carbons (Fsp3) is 0.500. The molecule has 0 saturated heterocycles. The van der Waals surface area contributed by atoms with Crippen LogP contribution in [0.1, 0.15) is 32.2 Å². The van der Waals surface area contributed by atoms with Gasteiger partial charge in [-0.15, -0.1) is 5.10 Å². The molecule has 6 heteroatoms. The smallest absolute Gasteiger partial charge is 0.182 e. The number of benzene rings is 1. The maximum Gasteiger partial charge on any atom is 0.182 e. The molecule has 20 heavy (non-hydrogen) atoms. The van der Waals surface area contributed by atoms with Crippen LogP contribution in [0.25, 0.3) is 11.4 Å². The van der Waals surface area contributed by atoms with Gasteiger partial charge in [-0.1, -0.05) is 12.8 Å². The minimum Gasteiger partial charge on any atom is -0.497 e. The van der Waals surface area contributed by atoms with E-state index in [2.05, 4.69) is 22.4 Å². The molecule has 0 bridgehead atoms. The van der Waals surface area contributed by atoms with Gasteiger partial charge in [-0.05, 0) is 41.8 Å². The fourth-order valence-electron chi connectivity index (χ4n) is 2.49. The first-order valence-electron chi connectivity index (χ1n) is 6.90. The van der Waals surface area contributed by atoms with Gasteiger partial charge in [-0.3, -0.25) is 0 Å².